The Kier molecular flexibility index (Phi) is 4.24. The molecule has 2 rings (SSSR count). The number of ether oxygens (including phenoxy) is 1. The van der Waals surface area contributed by atoms with Crippen LogP contribution in [-0.4, -0.2) is 17.0 Å². The summed E-state index contributed by atoms with van der Waals surface area (Å²) in [6, 6.07) is 10.0. The van der Waals surface area contributed by atoms with Crippen LogP contribution in [0.2, 0.25) is 0 Å². The third-order valence-electron chi connectivity index (χ3n) is 3.37. The molecule has 1 fully saturated rings. The van der Waals surface area contributed by atoms with Gasteiger partial charge in [0.15, 0.2) is 0 Å². The maximum Gasteiger partial charge on any atom is 0.218 e. The van der Waals surface area contributed by atoms with Crippen molar-refractivity contribution in [1.82, 2.24) is 0 Å². The van der Waals surface area contributed by atoms with E-state index in [1.54, 1.807) is 0 Å². The van der Waals surface area contributed by atoms with Gasteiger partial charge in [0.2, 0.25) is 5.12 Å². The molecule has 0 aliphatic carbocycles. The quantitative estimate of drug-likeness (QED) is 0.824. The van der Waals surface area contributed by atoms with Crippen molar-refractivity contribution in [3.63, 3.8) is 0 Å². The maximum absolute atomic E-state index is 11.8. The standard InChI is InChI=1S/C14H18O2S/c1-10-9-17-14(15)13(11(10)2)16-8-12-6-4-3-5-7-12/h3-7,10-11,13H,8-9H2,1-2H3/t10-,11?,13?/m1/s1. The van der Waals surface area contributed by atoms with Gasteiger partial charge in [-0.25, -0.2) is 0 Å². The number of carbonyl (C=O) groups excluding carboxylic acids is 1. The molecule has 0 aromatic heterocycles. The van der Waals surface area contributed by atoms with E-state index >= 15 is 0 Å². The second-order valence-electron chi connectivity index (χ2n) is 4.68. The van der Waals surface area contributed by atoms with Crippen LogP contribution in [0.1, 0.15) is 19.4 Å². The summed E-state index contributed by atoms with van der Waals surface area (Å²) in [5.74, 6) is 1.77. The summed E-state index contributed by atoms with van der Waals surface area (Å²) >= 11 is 1.41. The lowest BCUT2D eigenvalue weighted by molar-refractivity contribution is -0.127. The zero-order valence-corrected chi connectivity index (χ0v) is 11.1. The summed E-state index contributed by atoms with van der Waals surface area (Å²) in [5.41, 5.74) is 1.12. The molecule has 2 nitrogen and oxygen atoms in total. The second kappa shape index (κ2) is 5.69. The van der Waals surface area contributed by atoms with Crippen molar-refractivity contribution >= 4 is 16.9 Å². The highest BCUT2D eigenvalue weighted by molar-refractivity contribution is 8.13. The molecule has 0 N–H and O–H groups in total. The Bertz CT molecular complexity index is 377. The lowest BCUT2D eigenvalue weighted by Gasteiger charge is -2.32. The van der Waals surface area contributed by atoms with Crippen molar-refractivity contribution < 1.29 is 9.53 Å². The molecule has 92 valence electrons. The van der Waals surface area contributed by atoms with Gasteiger partial charge in [-0.3, -0.25) is 4.79 Å². The third-order valence-corrected chi connectivity index (χ3v) is 4.58. The molecule has 2 unspecified atom stereocenters. The van der Waals surface area contributed by atoms with Crippen LogP contribution in [0, 0.1) is 11.8 Å². The van der Waals surface area contributed by atoms with E-state index in [9.17, 15) is 4.79 Å². The molecule has 3 heteroatoms. The van der Waals surface area contributed by atoms with Gasteiger partial charge in [-0.15, -0.1) is 0 Å². The highest BCUT2D eigenvalue weighted by atomic mass is 32.2. The monoisotopic (exact) mass is 250 g/mol. The maximum atomic E-state index is 11.8. The van der Waals surface area contributed by atoms with Crippen LogP contribution < -0.4 is 0 Å². The van der Waals surface area contributed by atoms with Crippen LogP contribution in [0.15, 0.2) is 30.3 Å². The SMILES string of the molecule is CC1C(OCc2ccccc2)C(=O)SC[C@H]1C. The topological polar surface area (TPSA) is 26.3 Å². The fraction of sp³-hybridized carbons (Fsp3) is 0.500. The van der Waals surface area contributed by atoms with Crippen molar-refractivity contribution in [2.24, 2.45) is 11.8 Å². The van der Waals surface area contributed by atoms with Crippen LogP contribution in [0.3, 0.4) is 0 Å². The van der Waals surface area contributed by atoms with Crippen molar-refractivity contribution in [1.29, 1.82) is 0 Å². The van der Waals surface area contributed by atoms with Crippen LogP contribution >= 0.6 is 11.8 Å². The first-order valence-corrected chi connectivity index (χ1v) is 6.99. The number of carbonyl (C=O) groups is 1. The van der Waals surface area contributed by atoms with Gasteiger partial charge in [0, 0.05) is 5.75 Å². The normalized spacial score (nSPS) is 29.3. The Morgan fingerprint density at radius 1 is 1.29 bits per heavy atom. The van der Waals surface area contributed by atoms with Crippen molar-refractivity contribution in [2.75, 3.05) is 5.75 Å². The number of benzene rings is 1. The first-order valence-electron chi connectivity index (χ1n) is 6.00. The van der Waals surface area contributed by atoms with Crippen molar-refractivity contribution in [3.05, 3.63) is 35.9 Å². The highest BCUT2D eigenvalue weighted by Gasteiger charge is 2.34. The van der Waals surface area contributed by atoms with Gasteiger partial charge in [-0.2, -0.15) is 0 Å². The molecular formula is C14H18O2S. The van der Waals surface area contributed by atoms with Gasteiger partial charge in [0.05, 0.1) is 6.61 Å². The Hall–Kier alpha value is -0.800. The second-order valence-corrected chi connectivity index (χ2v) is 5.71. The fourth-order valence-electron chi connectivity index (χ4n) is 1.94. The van der Waals surface area contributed by atoms with E-state index in [-0.39, 0.29) is 11.2 Å². The van der Waals surface area contributed by atoms with E-state index < -0.39 is 0 Å². The summed E-state index contributed by atoms with van der Waals surface area (Å²) in [5, 5.41) is 0.187. The third kappa shape index (κ3) is 3.11. The van der Waals surface area contributed by atoms with E-state index in [2.05, 4.69) is 13.8 Å². The van der Waals surface area contributed by atoms with Crippen molar-refractivity contribution in [2.45, 2.75) is 26.6 Å². The van der Waals surface area contributed by atoms with E-state index in [4.69, 9.17) is 4.74 Å². The Morgan fingerprint density at radius 3 is 2.71 bits per heavy atom. The van der Waals surface area contributed by atoms with Crippen molar-refractivity contribution in [3.8, 4) is 0 Å². The lowest BCUT2D eigenvalue weighted by Crippen LogP contribution is -2.38. The average Bonchev–Trinajstić information content (AvgIpc) is 2.35. The molecule has 3 atom stereocenters. The molecule has 0 saturated carbocycles. The lowest BCUT2D eigenvalue weighted by atomic mass is 9.92. The molecule has 0 amide bonds. The molecule has 1 aromatic carbocycles. The molecule has 0 spiro atoms. The first-order chi connectivity index (χ1) is 8.18. The molecule has 1 aromatic rings. The fourth-order valence-corrected chi connectivity index (χ4v) is 3.12. The van der Waals surface area contributed by atoms with Gasteiger partial charge >= 0.3 is 0 Å². The Morgan fingerprint density at radius 2 is 2.00 bits per heavy atom. The molecular weight excluding hydrogens is 232 g/mol. The summed E-state index contributed by atoms with van der Waals surface area (Å²) in [6.07, 6.45) is -0.246. The van der Waals surface area contributed by atoms with Crippen LogP contribution in [0.25, 0.3) is 0 Å². The van der Waals surface area contributed by atoms with Gasteiger partial charge in [0.25, 0.3) is 0 Å². The summed E-state index contributed by atoms with van der Waals surface area (Å²) < 4.78 is 5.79. The molecule has 1 aliphatic heterocycles. The molecule has 0 bridgehead atoms. The van der Waals surface area contributed by atoms with E-state index in [0.29, 0.717) is 18.4 Å². The van der Waals surface area contributed by atoms with Crippen LogP contribution in [-0.2, 0) is 16.1 Å². The van der Waals surface area contributed by atoms with E-state index in [1.807, 2.05) is 30.3 Å². The Labute approximate surface area is 107 Å². The van der Waals surface area contributed by atoms with Gasteiger partial charge < -0.3 is 4.74 Å². The predicted octanol–water partition coefficient (Wildman–Crippen LogP) is 3.12. The first kappa shape index (κ1) is 12.7. The zero-order valence-electron chi connectivity index (χ0n) is 10.3. The zero-order chi connectivity index (χ0) is 12.3. The van der Waals surface area contributed by atoms with E-state index in [1.165, 1.54) is 11.8 Å². The number of hydrogen-bond acceptors (Lipinski definition) is 3. The summed E-state index contributed by atoms with van der Waals surface area (Å²) in [4.78, 5) is 11.8. The molecule has 0 radical (unpaired) electrons. The minimum Gasteiger partial charge on any atom is -0.365 e. The molecule has 1 aliphatic rings. The molecule has 1 heterocycles. The number of hydrogen-bond donors (Lipinski definition) is 0. The summed E-state index contributed by atoms with van der Waals surface area (Å²) in [6.45, 7) is 4.82. The predicted molar refractivity (Wildman–Crippen MR) is 70.8 cm³/mol. The van der Waals surface area contributed by atoms with Crippen LogP contribution in [0.4, 0.5) is 0 Å². The number of rotatable bonds is 3. The minimum absolute atomic E-state index is 0.187. The molecule has 17 heavy (non-hydrogen) atoms. The highest BCUT2D eigenvalue weighted by Crippen LogP contribution is 2.31. The smallest absolute Gasteiger partial charge is 0.218 e. The van der Waals surface area contributed by atoms with Gasteiger partial charge in [-0.05, 0) is 17.4 Å². The van der Waals surface area contributed by atoms with Gasteiger partial charge in [0.1, 0.15) is 6.10 Å². The van der Waals surface area contributed by atoms with E-state index in [0.717, 1.165) is 11.3 Å². The van der Waals surface area contributed by atoms with Crippen LogP contribution in [0.5, 0.6) is 0 Å². The summed E-state index contributed by atoms with van der Waals surface area (Å²) in [7, 11) is 0. The largest absolute Gasteiger partial charge is 0.365 e. The number of thioether (sulfide) groups is 1. The molecule has 1 saturated heterocycles. The average molecular weight is 250 g/mol. The minimum atomic E-state index is -0.246. The Balaban J connectivity index is 1.95. The van der Waals surface area contributed by atoms with Gasteiger partial charge in [-0.1, -0.05) is 55.9 Å².